The molecule has 4 rings (SSSR count). The number of ether oxygens (including phenoxy) is 1. The molecular weight excluding hydrogens is 461 g/mol. The van der Waals surface area contributed by atoms with Crippen LogP contribution in [-0.4, -0.2) is 38.3 Å². The van der Waals surface area contributed by atoms with Gasteiger partial charge in [0, 0.05) is 22.9 Å². The van der Waals surface area contributed by atoms with E-state index in [2.05, 4.69) is 20.6 Å². The van der Waals surface area contributed by atoms with E-state index in [9.17, 15) is 9.59 Å². The van der Waals surface area contributed by atoms with E-state index in [0.717, 1.165) is 24.0 Å². The Labute approximate surface area is 209 Å². The number of nitrogens with zero attached hydrogens (tertiary/aromatic N) is 4. The largest absolute Gasteiger partial charge is 0.465 e. The highest BCUT2D eigenvalue weighted by Crippen LogP contribution is 2.30. The van der Waals surface area contributed by atoms with Crippen molar-refractivity contribution < 1.29 is 13.9 Å². The van der Waals surface area contributed by atoms with Gasteiger partial charge in [-0.15, -0.1) is 10.2 Å². The summed E-state index contributed by atoms with van der Waals surface area (Å²) in [5.41, 5.74) is 2.99. The summed E-state index contributed by atoms with van der Waals surface area (Å²) >= 11 is 0. The molecule has 0 aliphatic carbocycles. The topological polar surface area (TPSA) is 103 Å². The lowest BCUT2D eigenvalue weighted by atomic mass is 9.98. The van der Waals surface area contributed by atoms with Crippen LogP contribution >= 0.6 is 0 Å². The number of hydrogen-bond donors (Lipinski definition) is 1. The maximum absolute atomic E-state index is 15.2. The van der Waals surface area contributed by atoms with Crippen molar-refractivity contribution in [2.45, 2.75) is 46.6 Å². The molecule has 0 spiro atoms. The molecule has 8 nitrogen and oxygen atoms in total. The summed E-state index contributed by atoms with van der Waals surface area (Å²) in [4.78, 5) is 24.8. The third-order valence-corrected chi connectivity index (χ3v) is 5.63. The molecule has 2 aromatic carbocycles. The summed E-state index contributed by atoms with van der Waals surface area (Å²) in [6.45, 7) is 6.09. The minimum absolute atomic E-state index is 0.0535. The van der Waals surface area contributed by atoms with Crippen LogP contribution < -0.4 is 5.56 Å². The number of rotatable bonds is 8. The van der Waals surface area contributed by atoms with Crippen LogP contribution in [-0.2, 0) is 17.7 Å². The molecule has 0 saturated carbocycles. The number of pyridine rings is 1. The van der Waals surface area contributed by atoms with Gasteiger partial charge in [-0.1, -0.05) is 63.6 Å². The van der Waals surface area contributed by atoms with Crippen LogP contribution in [0.1, 0.15) is 55.2 Å². The predicted octanol–water partition coefficient (Wildman–Crippen LogP) is 5.04. The zero-order valence-corrected chi connectivity index (χ0v) is 20.9. The van der Waals surface area contributed by atoms with Crippen molar-refractivity contribution in [3.05, 3.63) is 87.6 Å². The zero-order chi connectivity index (χ0) is 26.1. The molecule has 0 bridgehead atoms. The van der Waals surface area contributed by atoms with Gasteiger partial charge in [-0.3, -0.25) is 4.79 Å². The zero-order valence-electron chi connectivity index (χ0n) is 20.9. The monoisotopic (exact) mass is 491 g/mol. The number of tetrazole rings is 1. The third kappa shape index (κ3) is 5.91. The van der Waals surface area contributed by atoms with E-state index in [1.54, 1.807) is 18.2 Å². The maximum atomic E-state index is 15.2. The minimum atomic E-state index is -0.571. The van der Waals surface area contributed by atoms with E-state index in [1.165, 1.54) is 23.8 Å². The van der Waals surface area contributed by atoms with Crippen LogP contribution in [0.15, 0.2) is 59.4 Å². The smallest absolute Gasteiger partial charge is 0.338 e. The van der Waals surface area contributed by atoms with Gasteiger partial charge < -0.3 is 9.30 Å². The first-order valence-corrected chi connectivity index (χ1v) is 12.0. The number of hydrogen-bond acceptors (Lipinski definition) is 6. The molecule has 1 N–H and O–H groups in total. The molecule has 0 aliphatic heterocycles. The van der Waals surface area contributed by atoms with Crippen LogP contribution in [0.2, 0.25) is 0 Å². The Balaban J connectivity index is 0.00000176. The van der Waals surface area contributed by atoms with Gasteiger partial charge in [0.15, 0.2) is 0 Å². The van der Waals surface area contributed by atoms with Gasteiger partial charge in [0.2, 0.25) is 5.82 Å². The lowest BCUT2D eigenvalue weighted by Crippen LogP contribution is -2.26. The summed E-state index contributed by atoms with van der Waals surface area (Å²) in [5.74, 6) is -0.596. The molecule has 36 heavy (non-hydrogen) atoms. The van der Waals surface area contributed by atoms with Gasteiger partial charge in [-0.25, -0.2) is 9.18 Å². The average Bonchev–Trinajstić information content (AvgIpc) is 3.45. The second kappa shape index (κ2) is 12.5. The highest BCUT2D eigenvalue weighted by atomic mass is 19.1. The minimum Gasteiger partial charge on any atom is -0.465 e. The molecule has 0 fully saturated rings. The first kappa shape index (κ1) is 26.5. The number of unbranched alkanes of at least 4 members (excludes halogenated alkanes) is 1. The number of aromatic nitrogens is 5. The molecule has 9 heteroatoms. The Bertz CT molecular complexity index is 1370. The number of aryl methyl sites for hydroxylation is 1. The van der Waals surface area contributed by atoms with E-state index >= 15 is 4.39 Å². The Kier molecular flexibility index (Phi) is 9.21. The van der Waals surface area contributed by atoms with Gasteiger partial charge in [0.25, 0.3) is 5.56 Å². The van der Waals surface area contributed by atoms with Crippen LogP contribution in [0.3, 0.4) is 0 Å². The number of esters is 1. The third-order valence-electron chi connectivity index (χ3n) is 5.63. The van der Waals surface area contributed by atoms with Crippen molar-refractivity contribution in [3.63, 3.8) is 0 Å². The molecule has 2 aromatic heterocycles. The molecular formula is C27H30FN5O3. The van der Waals surface area contributed by atoms with Crippen LogP contribution in [0.5, 0.6) is 0 Å². The summed E-state index contributed by atoms with van der Waals surface area (Å²) in [6, 6.07) is 15.2. The summed E-state index contributed by atoms with van der Waals surface area (Å²) in [6.07, 6.45) is 2.34. The van der Waals surface area contributed by atoms with E-state index < -0.39 is 11.8 Å². The second-order valence-corrected chi connectivity index (χ2v) is 7.84. The predicted molar refractivity (Wildman–Crippen MR) is 136 cm³/mol. The van der Waals surface area contributed by atoms with Crippen molar-refractivity contribution in [1.29, 1.82) is 0 Å². The number of aromatic amines is 1. The van der Waals surface area contributed by atoms with E-state index in [-0.39, 0.29) is 17.7 Å². The quantitative estimate of drug-likeness (QED) is 0.347. The van der Waals surface area contributed by atoms with Gasteiger partial charge in [0.1, 0.15) is 5.82 Å². The lowest BCUT2D eigenvalue weighted by molar-refractivity contribution is 0.0600. The standard InChI is InChI=1S/C25H24FN5O3.C2H6/c1-3-4-7-19-12-18(25(33)34-2)14-23(32)31(19)15-17-11-10-16(13-22(17)26)20-8-5-6-9-21(20)24-27-29-30-28-24;1-2/h5-6,8-14H,3-4,7,15H2,1-2H3,(H,27,28,29,30);1-2H3. The van der Waals surface area contributed by atoms with Crippen LogP contribution in [0.25, 0.3) is 22.5 Å². The number of carbonyl (C=O) groups is 1. The second-order valence-electron chi connectivity index (χ2n) is 7.84. The highest BCUT2D eigenvalue weighted by molar-refractivity contribution is 5.89. The van der Waals surface area contributed by atoms with Crippen molar-refractivity contribution in [2.24, 2.45) is 0 Å². The molecule has 0 atom stereocenters. The SMILES string of the molecule is CC.CCCCc1cc(C(=O)OC)cc(=O)n1Cc1ccc(-c2ccccc2-c2nn[nH]n2)cc1F. The highest BCUT2D eigenvalue weighted by Gasteiger charge is 2.16. The van der Waals surface area contributed by atoms with Crippen molar-refractivity contribution in [1.82, 2.24) is 25.2 Å². The number of carbonyl (C=O) groups excluding carboxylic acids is 1. The maximum Gasteiger partial charge on any atom is 0.338 e. The molecule has 2 heterocycles. The van der Waals surface area contributed by atoms with Gasteiger partial charge in [0.05, 0.1) is 19.2 Å². The number of methoxy groups -OCH3 is 1. The Morgan fingerprint density at radius 1 is 1.08 bits per heavy atom. The lowest BCUT2D eigenvalue weighted by Gasteiger charge is -2.15. The fraction of sp³-hybridized carbons (Fsp3) is 0.296. The Morgan fingerprint density at radius 3 is 2.47 bits per heavy atom. The van der Waals surface area contributed by atoms with Gasteiger partial charge in [-0.05, 0) is 41.3 Å². The Hall–Kier alpha value is -4.14. The Morgan fingerprint density at radius 2 is 1.83 bits per heavy atom. The summed E-state index contributed by atoms with van der Waals surface area (Å²) in [7, 11) is 1.27. The molecule has 0 unspecified atom stereocenters. The molecule has 4 aromatic rings. The number of H-pyrrole nitrogens is 1. The molecule has 188 valence electrons. The van der Waals surface area contributed by atoms with Crippen molar-refractivity contribution in [2.75, 3.05) is 7.11 Å². The van der Waals surface area contributed by atoms with Gasteiger partial charge in [-0.2, -0.15) is 5.21 Å². The molecule has 0 aliphatic rings. The number of nitrogens with one attached hydrogen (secondary N) is 1. The van der Waals surface area contributed by atoms with Gasteiger partial charge >= 0.3 is 5.97 Å². The molecule has 0 saturated heterocycles. The van der Waals surface area contributed by atoms with E-state index in [4.69, 9.17) is 4.74 Å². The normalized spacial score (nSPS) is 10.5. The first-order chi connectivity index (χ1) is 17.5. The number of halogens is 1. The fourth-order valence-corrected chi connectivity index (χ4v) is 3.85. The van der Waals surface area contributed by atoms with E-state index in [1.807, 2.05) is 45.0 Å². The summed E-state index contributed by atoms with van der Waals surface area (Å²) in [5, 5.41) is 14.1. The summed E-state index contributed by atoms with van der Waals surface area (Å²) < 4.78 is 21.5. The fourth-order valence-electron chi connectivity index (χ4n) is 3.85. The first-order valence-electron chi connectivity index (χ1n) is 12.0. The molecule has 0 amide bonds. The van der Waals surface area contributed by atoms with E-state index in [0.29, 0.717) is 29.1 Å². The van der Waals surface area contributed by atoms with Crippen LogP contribution in [0, 0.1) is 5.82 Å². The number of benzene rings is 2. The molecule has 0 radical (unpaired) electrons. The van der Waals surface area contributed by atoms with Crippen molar-refractivity contribution >= 4 is 5.97 Å². The average molecular weight is 492 g/mol. The van der Waals surface area contributed by atoms with Crippen LogP contribution in [0.4, 0.5) is 4.39 Å². The van der Waals surface area contributed by atoms with Crippen molar-refractivity contribution in [3.8, 4) is 22.5 Å².